The Morgan fingerprint density at radius 2 is 2.00 bits per heavy atom. The SMILES string of the molecule is Cc1cc(NCc2ccc(F)cc2F)nc(Cl)n1. The van der Waals surface area contributed by atoms with Crippen molar-refractivity contribution >= 4 is 17.4 Å². The summed E-state index contributed by atoms with van der Waals surface area (Å²) in [4.78, 5) is 7.85. The summed E-state index contributed by atoms with van der Waals surface area (Å²) in [5.74, 6) is -0.701. The van der Waals surface area contributed by atoms with Crippen LogP contribution >= 0.6 is 11.6 Å². The molecule has 1 N–H and O–H groups in total. The standard InChI is InChI=1S/C12H10ClF2N3/c1-7-4-11(18-12(13)17-7)16-6-8-2-3-9(14)5-10(8)15/h2-5H,6H2,1H3,(H,16,17,18). The zero-order valence-electron chi connectivity index (χ0n) is 9.54. The van der Waals surface area contributed by atoms with Crippen molar-refractivity contribution in [3.8, 4) is 0 Å². The minimum absolute atomic E-state index is 0.122. The average molecular weight is 270 g/mol. The molecule has 0 fully saturated rings. The number of anilines is 1. The molecule has 1 heterocycles. The van der Waals surface area contributed by atoms with Gasteiger partial charge in [0, 0.05) is 29.9 Å². The van der Waals surface area contributed by atoms with Crippen LogP contribution in [0.3, 0.4) is 0 Å². The quantitative estimate of drug-likeness (QED) is 0.869. The number of aromatic nitrogens is 2. The molecule has 1 aromatic carbocycles. The van der Waals surface area contributed by atoms with Crippen molar-refractivity contribution in [3.05, 3.63) is 52.4 Å². The fourth-order valence-corrected chi connectivity index (χ4v) is 1.70. The predicted octanol–water partition coefficient (Wildman–Crippen LogP) is 3.33. The third kappa shape index (κ3) is 3.13. The molecule has 0 aliphatic rings. The molecule has 0 atom stereocenters. The molecule has 0 amide bonds. The lowest BCUT2D eigenvalue weighted by Crippen LogP contribution is -2.04. The van der Waals surface area contributed by atoms with Crippen molar-refractivity contribution in [1.29, 1.82) is 0 Å². The molecular formula is C12H10ClF2N3. The van der Waals surface area contributed by atoms with Crippen LogP contribution in [0.2, 0.25) is 5.28 Å². The topological polar surface area (TPSA) is 37.8 Å². The first kappa shape index (κ1) is 12.7. The van der Waals surface area contributed by atoms with Crippen LogP contribution in [0.4, 0.5) is 14.6 Å². The van der Waals surface area contributed by atoms with Gasteiger partial charge < -0.3 is 5.32 Å². The second-order valence-corrected chi connectivity index (χ2v) is 4.09. The Hall–Kier alpha value is -1.75. The Balaban J connectivity index is 2.11. The molecule has 2 rings (SSSR count). The van der Waals surface area contributed by atoms with Gasteiger partial charge in [-0.2, -0.15) is 0 Å². The highest BCUT2D eigenvalue weighted by molar-refractivity contribution is 6.28. The molecule has 0 aliphatic carbocycles. The summed E-state index contributed by atoms with van der Waals surface area (Å²) >= 11 is 5.70. The van der Waals surface area contributed by atoms with Crippen LogP contribution < -0.4 is 5.32 Å². The van der Waals surface area contributed by atoms with E-state index >= 15 is 0 Å². The summed E-state index contributed by atoms with van der Waals surface area (Å²) in [6.45, 7) is 1.97. The molecular weight excluding hydrogens is 260 g/mol. The lowest BCUT2D eigenvalue weighted by Gasteiger charge is -2.07. The molecule has 0 saturated heterocycles. The third-order valence-corrected chi connectivity index (χ3v) is 2.47. The van der Waals surface area contributed by atoms with Gasteiger partial charge >= 0.3 is 0 Å². The lowest BCUT2D eigenvalue weighted by molar-refractivity contribution is 0.574. The highest BCUT2D eigenvalue weighted by Gasteiger charge is 2.05. The molecule has 2 aromatic rings. The van der Waals surface area contributed by atoms with Crippen LogP contribution in [0.5, 0.6) is 0 Å². The molecule has 0 aliphatic heterocycles. The number of nitrogens with zero attached hydrogens (tertiary/aromatic N) is 2. The second-order valence-electron chi connectivity index (χ2n) is 3.75. The summed E-state index contributed by atoms with van der Waals surface area (Å²) in [7, 11) is 0. The second kappa shape index (κ2) is 5.27. The Morgan fingerprint density at radius 3 is 2.67 bits per heavy atom. The van der Waals surface area contributed by atoms with Crippen LogP contribution in [0.1, 0.15) is 11.3 Å². The normalized spacial score (nSPS) is 10.4. The molecule has 0 unspecified atom stereocenters. The van der Waals surface area contributed by atoms with Crippen molar-refractivity contribution in [2.45, 2.75) is 13.5 Å². The average Bonchev–Trinajstić information content (AvgIpc) is 2.26. The van der Waals surface area contributed by atoms with E-state index in [0.717, 1.165) is 6.07 Å². The minimum Gasteiger partial charge on any atom is -0.366 e. The first-order chi connectivity index (χ1) is 8.54. The van der Waals surface area contributed by atoms with Crippen molar-refractivity contribution in [2.75, 3.05) is 5.32 Å². The number of nitrogens with one attached hydrogen (secondary N) is 1. The van der Waals surface area contributed by atoms with Gasteiger partial charge in [0.15, 0.2) is 0 Å². The zero-order chi connectivity index (χ0) is 13.1. The van der Waals surface area contributed by atoms with E-state index in [1.165, 1.54) is 12.1 Å². The van der Waals surface area contributed by atoms with E-state index in [-0.39, 0.29) is 11.8 Å². The van der Waals surface area contributed by atoms with Crippen molar-refractivity contribution < 1.29 is 8.78 Å². The van der Waals surface area contributed by atoms with Gasteiger partial charge in [-0.1, -0.05) is 6.07 Å². The molecule has 0 radical (unpaired) electrons. The first-order valence-corrected chi connectivity index (χ1v) is 5.61. The van der Waals surface area contributed by atoms with Crippen molar-refractivity contribution in [2.24, 2.45) is 0 Å². The van der Waals surface area contributed by atoms with Gasteiger partial charge in [-0.05, 0) is 24.6 Å². The monoisotopic (exact) mass is 269 g/mol. The number of aryl methyl sites for hydroxylation is 1. The van der Waals surface area contributed by atoms with E-state index in [1.807, 2.05) is 0 Å². The van der Waals surface area contributed by atoms with Crippen molar-refractivity contribution in [3.63, 3.8) is 0 Å². The Morgan fingerprint density at radius 1 is 1.22 bits per heavy atom. The Kier molecular flexibility index (Phi) is 3.72. The summed E-state index contributed by atoms with van der Waals surface area (Å²) in [5.41, 5.74) is 1.06. The maximum Gasteiger partial charge on any atom is 0.224 e. The number of hydrogen-bond donors (Lipinski definition) is 1. The van der Waals surface area contributed by atoms with E-state index in [4.69, 9.17) is 11.6 Å². The van der Waals surface area contributed by atoms with Crippen LogP contribution in [0.15, 0.2) is 24.3 Å². The van der Waals surface area contributed by atoms with E-state index < -0.39 is 11.6 Å². The van der Waals surface area contributed by atoms with Crippen LogP contribution in [-0.2, 0) is 6.54 Å². The van der Waals surface area contributed by atoms with Gasteiger partial charge in [-0.25, -0.2) is 18.7 Å². The molecule has 1 aromatic heterocycles. The van der Waals surface area contributed by atoms with E-state index in [9.17, 15) is 8.78 Å². The largest absolute Gasteiger partial charge is 0.366 e. The predicted molar refractivity (Wildman–Crippen MR) is 65.5 cm³/mol. The molecule has 3 nitrogen and oxygen atoms in total. The highest BCUT2D eigenvalue weighted by atomic mass is 35.5. The highest BCUT2D eigenvalue weighted by Crippen LogP contribution is 2.13. The van der Waals surface area contributed by atoms with Gasteiger partial charge in [0.05, 0.1) is 0 Å². The maximum absolute atomic E-state index is 13.4. The first-order valence-electron chi connectivity index (χ1n) is 5.23. The Bertz CT molecular complexity index is 555. The fourth-order valence-electron chi connectivity index (χ4n) is 1.47. The van der Waals surface area contributed by atoms with Gasteiger partial charge in [0.25, 0.3) is 0 Å². The fraction of sp³-hybridized carbons (Fsp3) is 0.167. The minimum atomic E-state index is -0.600. The number of rotatable bonds is 3. The van der Waals surface area contributed by atoms with E-state index in [2.05, 4.69) is 15.3 Å². The zero-order valence-corrected chi connectivity index (χ0v) is 10.3. The molecule has 6 heteroatoms. The van der Waals surface area contributed by atoms with Gasteiger partial charge in [-0.15, -0.1) is 0 Å². The van der Waals surface area contributed by atoms with Crippen LogP contribution in [0.25, 0.3) is 0 Å². The molecule has 0 spiro atoms. The number of benzene rings is 1. The van der Waals surface area contributed by atoms with Crippen molar-refractivity contribution in [1.82, 2.24) is 9.97 Å². The van der Waals surface area contributed by atoms with Gasteiger partial charge in [0.1, 0.15) is 17.5 Å². The maximum atomic E-state index is 13.4. The summed E-state index contributed by atoms with van der Waals surface area (Å²) in [6, 6.07) is 5.12. The molecule has 94 valence electrons. The van der Waals surface area contributed by atoms with E-state index in [1.54, 1.807) is 13.0 Å². The van der Waals surface area contributed by atoms with Crippen LogP contribution in [-0.4, -0.2) is 9.97 Å². The number of hydrogen-bond acceptors (Lipinski definition) is 3. The molecule has 18 heavy (non-hydrogen) atoms. The third-order valence-electron chi connectivity index (χ3n) is 2.30. The van der Waals surface area contributed by atoms with Crippen LogP contribution in [0, 0.1) is 18.6 Å². The van der Waals surface area contributed by atoms with Gasteiger partial charge in [-0.3, -0.25) is 0 Å². The smallest absolute Gasteiger partial charge is 0.224 e. The summed E-state index contributed by atoms with van der Waals surface area (Å²) < 4.78 is 26.1. The van der Waals surface area contributed by atoms with E-state index in [0.29, 0.717) is 17.1 Å². The number of halogens is 3. The summed E-state index contributed by atoms with van der Waals surface area (Å²) in [6.07, 6.45) is 0. The lowest BCUT2D eigenvalue weighted by atomic mass is 10.2. The van der Waals surface area contributed by atoms with Gasteiger partial charge in [0.2, 0.25) is 5.28 Å². The summed E-state index contributed by atoms with van der Waals surface area (Å²) in [5, 5.41) is 3.03. The Labute approximate surface area is 108 Å². The molecule has 0 bridgehead atoms. The molecule has 0 saturated carbocycles.